The smallest absolute Gasteiger partial charge is 0.0577 e. The predicted molar refractivity (Wildman–Crippen MR) is 55.3 cm³/mol. The van der Waals surface area contributed by atoms with Crippen LogP contribution in [-0.2, 0) is 0 Å². The van der Waals surface area contributed by atoms with E-state index in [0.717, 1.165) is 10.9 Å². The Labute approximate surface area is 82.6 Å². The first-order chi connectivity index (χ1) is 5.79. The van der Waals surface area contributed by atoms with E-state index in [1.54, 1.807) is 0 Å². The Morgan fingerprint density at radius 2 is 2.08 bits per heavy atom. The summed E-state index contributed by atoms with van der Waals surface area (Å²) in [6, 6.07) is 0. The van der Waals surface area contributed by atoms with Gasteiger partial charge in [-0.1, -0.05) is 24.4 Å². The van der Waals surface area contributed by atoms with Crippen LogP contribution in [0.1, 0.15) is 42.0 Å². The SMILES string of the molecule is Cc1csc(C2CCCC2)c1Cl. The lowest BCUT2D eigenvalue weighted by atomic mass is 10.1. The van der Waals surface area contributed by atoms with E-state index in [0.29, 0.717) is 0 Å². The first-order valence-electron chi connectivity index (χ1n) is 4.52. The number of aryl methyl sites for hydroxylation is 1. The molecule has 1 aromatic heterocycles. The molecule has 0 amide bonds. The summed E-state index contributed by atoms with van der Waals surface area (Å²) in [6.45, 7) is 2.09. The van der Waals surface area contributed by atoms with Crippen molar-refractivity contribution in [2.45, 2.75) is 38.5 Å². The summed E-state index contributed by atoms with van der Waals surface area (Å²) in [5, 5.41) is 3.21. The summed E-state index contributed by atoms with van der Waals surface area (Å²) in [7, 11) is 0. The van der Waals surface area contributed by atoms with Crippen LogP contribution in [0, 0.1) is 6.92 Å². The molecule has 1 saturated carbocycles. The summed E-state index contributed by atoms with van der Waals surface area (Å²) in [6.07, 6.45) is 5.47. The van der Waals surface area contributed by atoms with Gasteiger partial charge >= 0.3 is 0 Å². The van der Waals surface area contributed by atoms with E-state index in [1.807, 2.05) is 11.3 Å². The van der Waals surface area contributed by atoms with Crippen molar-refractivity contribution in [3.05, 3.63) is 20.8 Å². The van der Waals surface area contributed by atoms with Crippen molar-refractivity contribution in [1.82, 2.24) is 0 Å². The van der Waals surface area contributed by atoms with E-state index in [4.69, 9.17) is 11.6 Å². The minimum atomic E-state index is 0.774. The normalized spacial score (nSPS) is 18.8. The van der Waals surface area contributed by atoms with Crippen LogP contribution in [0.4, 0.5) is 0 Å². The highest BCUT2D eigenvalue weighted by molar-refractivity contribution is 7.10. The Morgan fingerprint density at radius 1 is 1.42 bits per heavy atom. The molecule has 1 heterocycles. The molecule has 0 bridgehead atoms. The molecule has 1 aliphatic carbocycles. The minimum absolute atomic E-state index is 0.774. The third-order valence-electron chi connectivity index (χ3n) is 2.65. The molecule has 1 aromatic rings. The van der Waals surface area contributed by atoms with E-state index in [-0.39, 0.29) is 0 Å². The highest BCUT2D eigenvalue weighted by atomic mass is 35.5. The summed E-state index contributed by atoms with van der Waals surface area (Å²) in [4.78, 5) is 1.44. The molecule has 0 spiro atoms. The van der Waals surface area contributed by atoms with Gasteiger partial charge in [0.15, 0.2) is 0 Å². The third-order valence-corrected chi connectivity index (χ3v) is 4.53. The number of hydrogen-bond acceptors (Lipinski definition) is 1. The molecule has 0 nitrogen and oxygen atoms in total. The van der Waals surface area contributed by atoms with Gasteiger partial charge in [-0.05, 0) is 36.6 Å². The maximum Gasteiger partial charge on any atom is 0.0577 e. The van der Waals surface area contributed by atoms with Gasteiger partial charge in [0.2, 0.25) is 0 Å². The summed E-state index contributed by atoms with van der Waals surface area (Å²) in [5.41, 5.74) is 1.25. The number of rotatable bonds is 1. The van der Waals surface area contributed by atoms with Crippen molar-refractivity contribution in [2.75, 3.05) is 0 Å². The molecular formula is C10H13ClS. The lowest BCUT2D eigenvalue weighted by Crippen LogP contribution is -1.88. The van der Waals surface area contributed by atoms with E-state index in [2.05, 4.69) is 12.3 Å². The molecule has 2 rings (SSSR count). The van der Waals surface area contributed by atoms with Crippen molar-refractivity contribution in [3.8, 4) is 0 Å². The van der Waals surface area contributed by atoms with Crippen LogP contribution in [0.25, 0.3) is 0 Å². The third kappa shape index (κ3) is 1.40. The van der Waals surface area contributed by atoms with Crippen LogP contribution in [0.3, 0.4) is 0 Å². The van der Waals surface area contributed by atoms with E-state index < -0.39 is 0 Å². The van der Waals surface area contributed by atoms with E-state index >= 15 is 0 Å². The molecule has 0 radical (unpaired) electrons. The number of halogens is 1. The van der Waals surface area contributed by atoms with Crippen LogP contribution < -0.4 is 0 Å². The average molecular weight is 201 g/mol. The van der Waals surface area contributed by atoms with Gasteiger partial charge in [0, 0.05) is 4.88 Å². The second kappa shape index (κ2) is 3.39. The van der Waals surface area contributed by atoms with Crippen LogP contribution in [0.5, 0.6) is 0 Å². The largest absolute Gasteiger partial charge is 0.147 e. The highest BCUT2D eigenvalue weighted by Crippen LogP contribution is 2.41. The Morgan fingerprint density at radius 3 is 2.58 bits per heavy atom. The van der Waals surface area contributed by atoms with Crippen molar-refractivity contribution >= 4 is 22.9 Å². The summed E-state index contributed by atoms with van der Waals surface area (Å²) < 4.78 is 0. The first kappa shape index (κ1) is 8.58. The monoisotopic (exact) mass is 200 g/mol. The van der Waals surface area contributed by atoms with Crippen molar-refractivity contribution in [1.29, 1.82) is 0 Å². The Bertz CT molecular complexity index is 271. The molecule has 0 unspecified atom stereocenters. The summed E-state index contributed by atoms with van der Waals surface area (Å²) in [5.74, 6) is 0.774. The van der Waals surface area contributed by atoms with Crippen LogP contribution >= 0.6 is 22.9 Å². The van der Waals surface area contributed by atoms with Gasteiger partial charge in [0.25, 0.3) is 0 Å². The zero-order valence-corrected chi connectivity index (χ0v) is 8.84. The molecule has 66 valence electrons. The Kier molecular flexibility index (Phi) is 2.42. The fourth-order valence-electron chi connectivity index (χ4n) is 1.91. The molecule has 2 heteroatoms. The lowest BCUT2D eigenvalue weighted by molar-refractivity contribution is 0.738. The maximum atomic E-state index is 6.20. The van der Waals surface area contributed by atoms with Crippen LogP contribution in [-0.4, -0.2) is 0 Å². The lowest BCUT2D eigenvalue weighted by Gasteiger charge is -2.06. The van der Waals surface area contributed by atoms with Crippen molar-refractivity contribution in [2.24, 2.45) is 0 Å². The maximum absolute atomic E-state index is 6.20. The predicted octanol–water partition coefficient (Wildman–Crippen LogP) is 4.37. The quantitative estimate of drug-likeness (QED) is 0.632. The average Bonchev–Trinajstić information content (AvgIpc) is 2.64. The van der Waals surface area contributed by atoms with Gasteiger partial charge in [-0.3, -0.25) is 0 Å². The zero-order chi connectivity index (χ0) is 8.55. The van der Waals surface area contributed by atoms with Crippen molar-refractivity contribution < 1.29 is 0 Å². The van der Waals surface area contributed by atoms with Gasteiger partial charge in [-0.15, -0.1) is 11.3 Å². The topological polar surface area (TPSA) is 0 Å². The summed E-state index contributed by atoms with van der Waals surface area (Å²) >= 11 is 8.04. The molecule has 0 aliphatic heterocycles. The molecule has 1 aliphatic rings. The van der Waals surface area contributed by atoms with Gasteiger partial charge in [-0.25, -0.2) is 0 Å². The number of thiophene rings is 1. The van der Waals surface area contributed by atoms with Crippen LogP contribution in [0.15, 0.2) is 5.38 Å². The highest BCUT2D eigenvalue weighted by Gasteiger charge is 2.21. The fourth-order valence-corrected chi connectivity index (χ4v) is 3.43. The second-order valence-electron chi connectivity index (χ2n) is 3.58. The first-order valence-corrected chi connectivity index (χ1v) is 5.78. The Hall–Kier alpha value is -0.0100. The fraction of sp³-hybridized carbons (Fsp3) is 0.600. The van der Waals surface area contributed by atoms with E-state index in [1.165, 1.54) is 36.1 Å². The van der Waals surface area contributed by atoms with E-state index in [9.17, 15) is 0 Å². The standard InChI is InChI=1S/C10H13ClS/c1-7-6-12-10(9(7)11)8-4-2-3-5-8/h6,8H,2-5H2,1H3. The molecule has 0 atom stereocenters. The molecule has 0 saturated heterocycles. The van der Waals surface area contributed by atoms with Gasteiger partial charge in [0.05, 0.1) is 5.02 Å². The Balaban J connectivity index is 2.26. The second-order valence-corrected chi connectivity index (χ2v) is 4.87. The molecule has 0 N–H and O–H groups in total. The van der Waals surface area contributed by atoms with Crippen molar-refractivity contribution in [3.63, 3.8) is 0 Å². The molecule has 0 aromatic carbocycles. The van der Waals surface area contributed by atoms with Crippen LogP contribution in [0.2, 0.25) is 5.02 Å². The zero-order valence-electron chi connectivity index (χ0n) is 7.27. The number of hydrogen-bond donors (Lipinski definition) is 0. The molecule has 12 heavy (non-hydrogen) atoms. The molecular weight excluding hydrogens is 188 g/mol. The van der Waals surface area contributed by atoms with Gasteiger partial charge in [0.1, 0.15) is 0 Å². The molecule has 1 fully saturated rings. The van der Waals surface area contributed by atoms with Gasteiger partial charge in [-0.2, -0.15) is 0 Å². The van der Waals surface area contributed by atoms with Gasteiger partial charge < -0.3 is 0 Å². The minimum Gasteiger partial charge on any atom is -0.147 e.